The van der Waals surface area contributed by atoms with Crippen LogP contribution in [0.25, 0.3) is 11.3 Å². The Morgan fingerprint density at radius 1 is 1.02 bits per heavy atom. The highest BCUT2D eigenvalue weighted by Crippen LogP contribution is 2.43. The van der Waals surface area contributed by atoms with Gasteiger partial charge in [0.25, 0.3) is 0 Å². The standard InChI is InChI=1S/C32H27ClN4O2S3/c1-2-27(30(38)36-31-35-24(19-40-31)22-12-3-4-13-23(22)33)41-21-11-9-10-20(18-21)34-32(39)37-25-14-5-7-16-28(25)42-29-17-8-6-15-26(29)37/h3-19,25,27-28H,2H2,1H3,(H,34,39)(H,35,36,38). The van der Waals surface area contributed by atoms with E-state index < -0.39 is 0 Å². The number of nitrogens with zero attached hydrogens (tertiary/aromatic N) is 2. The second kappa shape index (κ2) is 12.8. The third-order valence-corrected chi connectivity index (χ3v) is 10.6. The van der Waals surface area contributed by atoms with E-state index in [-0.39, 0.29) is 28.5 Å². The SMILES string of the molecule is CCC(Sc1cccc(NC(=O)N2c3ccccc3SC3C=CC=CC32)c1)C(=O)Nc1nc(-c2ccccc2Cl)cs1. The molecule has 6 rings (SSSR count). The van der Waals surface area contributed by atoms with Crippen molar-refractivity contribution in [2.45, 2.75) is 39.7 Å². The first-order valence-corrected chi connectivity index (χ1v) is 16.5. The van der Waals surface area contributed by atoms with Crippen LogP contribution < -0.4 is 15.5 Å². The Balaban J connectivity index is 1.14. The second-order valence-corrected chi connectivity index (χ2v) is 13.4. The van der Waals surface area contributed by atoms with Crippen molar-refractivity contribution in [2.24, 2.45) is 0 Å². The number of aromatic nitrogens is 1. The summed E-state index contributed by atoms with van der Waals surface area (Å²) in [7, 11) is 0. The molecule has 0 radical (unpaired) electrons. The van der Waals surface area contributed by atoms with Gasteiger partial charge in [-0.2, -0.15) is 0 Å². The Morgan fingerprint density at radius 2 is 1.83 bits per heavy atom. The van der Waals surface area contributed by atoms with Gasteiger partial charge in [-0.3, -0.25) is 9.69 Å². The number of hydrogen-bond donors (Lipinski definition) is 2. The molecule has 1 aromatic heterocycles. The van der Waals surface area contributed by atoms with Crippen molar-refractivity contribution in [2.75, 3.05) is 15.5 Å². The lowest BCUT2D eigenvalue weighted by molar-refractivity contribution is -0.115. The van der Waals surface area contributed by atoms with E-state index in [4.69, 9.17) is 11.6 Å². The van der Waals surface area contributed by atoms with E-state index in [2.05, 4.69) is 33.8 Å². The molecule has 42 heavy (non-hydrogen) atoms. The van der Waals surface area contributed by atoms with Crippen molar-refractivity contribution in [1.82, 2.24) is 4.98 Å². The fraction of sp³-hybridized carbons (Fsp3) is 0.156. The Morgan fingerprint density at radius 3 is 2.69 bits per heavy atom. The lowest BCUT2D eigenvalue weighted by Gasteiger charge is -2.40. The molecule has 1 aliphatic heterocycles. The maximum absolute atomic E-state index is 13.7. The van der Waals surface area contributed by atoms with Crippen LogP contribution in [-0.2, 0) is 4.79 Å². The first-order valence-electron chi connectivity index (χ1n) is 13.5. The maximum Gasteiger partial charge on any atom is 0.326 e. The number of para-hydroxylation sites is 1. The summed E-state index contributed by atoms with van der Waals surface area (Å²) in [6, 6.07) is 22.9. The first kappa shape index (κ1) is 28.6. The smallest absolute Gasteiger partial charge is 0.307 e. The van der Waals surface area contributed by atoms with Crippen molar-refractivity contribution < 1.29 is 9.59 Å². The van der Waals surface area contributed by atoms with Crippen molar-refractivity contribution in [1.29, 1.82) is 0 Å². The van der Waals surface area contributed by atoms with E-state index in [9.17, 15) is 9.59 Å². The molecule has 3 atom stereocenters. The van der Waals surface area contributed by atoms with Gasteiger partial charge in [-0.25, -0.2) is 9.78 Å². The lowest BCUT2D eigenvalue weighted by Crippen LogP contribution is -2.49. The molecule has 2 N–H and O–H groups in total. The number of carbonyl (C=O) groups excluding carboxylic acids is 2. The van der Waals surface area contributed by atoms with Crippen molar-refractivity contribution in [3.8, 4) is 11.3 Å². The molecule has 2 heterocycles. The van der Waals surface area contributed by atoms with E-state index in [1.807, 2.05) is 96.1 Å². The van der Waals surface area contributed by atoms with Crippen LogP contribution in [0.3, 0.4) is 0 Å². The van der Waals surface area contributed by atoms with Gasteiger partial charge in [0.1, 0.15) is 0 Å². The molecular formula is C32H27ClN4O2S3. The van der Waals surface area contributed by atoms with E-state index >= 15 is 0 Å². The number of thiazole rings is 1. The number of urea groups is 1. The van der Waals surface area contributed by atoms with Crippen LogP contribution >= 0.6 is 46.5 Å². The predicted molar refractivity (Wildman–Crippen MR) is 177 cm³/mol. The van der Waals surface area contributed by atoms with Crippen LogP contribution in [0.4, 0.5) is 21.3 Å². The number of benzene rings is 3. The molecule has 0 spiro atoms. The average molecular weight is 631 g/mol. The molecule has 4 aromatic rings. The van der Waals surface area contributed by atoms with Gasteiger partial charge in [-0.15, -0.1) is 34.9 Å². The third-order valence-electron chi connectivity index (χ3n) is 6.87. The van der Waals surface area contributed by atoms with Gasteiger partial charge < -0.3 is 10.6 Å². The Bertz CT molecular complexity index is 1690. The second-order valence-electron chi connectivity index (χ2n) is 9.66. The molecule has 0 saturated heterocycles. The van der Waals surface area contributed by atoms with Crippen molar-refractivity contribution in [3.63, 3.8) is 0 Å². The van der Waals surface area contributed by atoms with Crippen LogP contribution in [0, 0.1) is 0 Å². The minimum absolute atomic E-state index is 0.0788. The highest BCUT2D eigenvalue weighted by molar-refractivity contribution is 8.00. The normalized spacial score (nSPS) is 17.7. The number of halogens is 1. The largest absolute Gasteiger partial charge is 0.326 e. The number of carbonyl (C=O) groups is 2. The van der Waals surface area contributed by atoms with Gasteiger partial charge in [0.05, 0.1) is 27.9 Å². The number of fused-ring (bicyclic) bond motifs is 2. The molecule has 2 aliphatic rings. The van der Waals surface area contributed by atoms with Gasteiger partial charge in [0.2, 0.25) is 5.91 Å². The van der Waals surface area contributed by atoms with Crippen LogP contribution in [0.1, 0.15) is 13.3 Å². The van der Waals surface area contributed by atoms with Gasteiger partial charge >= 0.3 is 6.03 Å². The van der Waals surface area contributed by atoms with Crippen LogP contribution in [-0.4, -0.2) is 33.5 Å². The highest BCUT2D eigenvalue weighted by Gasteiger charge is 2.36. The van der Waals surface area contributed by atoms with E-state index in [0.29, 0.717) is 22.3 Å². The van der Waals surface area contributed by atoms with Gasteiger partial charge in [-0.05, 0) is 42.8 Å². The summed E-state index contributed by atoms with van der Waals surface area (Å²) < 4.78 is 0. The molecule has 0 bridgehead atoms. The maximum atomic E-state index is 13.7. The number of rotatable bonds is 7. The van der Waals surface area contributed by atoms with Gasteiger partial charge in [-0.1, -0.05) is 79.2 Å². The fourth-order valence-corrected chi connectivity index (χ4v) is 8.07. The quantitative estimate of drug-likeness (QED) is 0.199. The predicted octanol–water partition coefficient (Wildman–Crippen LogP) is 8.98. The zero-order chi connectivity index (χ0) is 29.1. The lowest BCUT2D eigenvalue weighted by atomic mass is 10.1. The summed E-state index contributed by atoms with van der Waals surface area (Å²) in [4.78, 5) is 35.2. The molecule has 0 fully saturated rings. The molecule has 3 amide bonds. The van der Waals surface area contributed by atoms with Crippen molar-refractivity contribution in [3.05, 3.63) is 108 Å². The molecular weight excluding hydrogens is 604 g/mol. The Kier molecular flexibility index (Phi) is 8.71. The molecule has 0 saturated carbocycles. The molecule has 1 aliphatic carbocycles. The number of amides is 3. The highest BCUT2D eigenvalue weighted by atomic mass is 35.5. The van der Waals surface area contributed by atoms with Crippen LogP contribution in [0.15, 0.2) is 112 Å². The minimum atomic E-state index is -0.338. The third kappa shape index (κ3) is 6.15. The van der Waals surface area contributed by atoms with Crippen molar-refractivity contribution >= 4 is 74.9 Å². The summed E-state index contributed by atoms with van der Waals surface area (Å²) in [5, 5.41) is 8.90. The number of nitrogens with one attached hydrogen (secondary N) is 2. The summed E-state index contributed by atoms with van der Waals surface area (Å²) in [6.45, 7) is 1.98. The summed E-state index contributed by atoms with van der Waals surface area (Å²) in [6.07, 6.45) is 8.87. The molecule has 6 nitrogen and oxygen atoms in total. The van der Waals surface area contributed by atoms with E-state index in [1.165, 1.54) is 23.1 Å². The van der Waals surface area contributed by atoms with Crippen LogP contribution in [0.5, 0.6) is 0 Å². The molecule has 3 unspecified atom stereocenters. The molecule has 10 heteroatoms. The first-order chi connectivity index (χ1) is 20.5. The van der Waals surface area contributed by atoms with E-state index in [1.54, 1.807) is 11.8 Å². The summed E-state index contributed by atoms with van der Waals surface area (Å²) >= 11 is 10.9. The monoisotopic (exact) mass is 630 g/mol. The molecule has 3 aromatic carbocycles. The molecule has 212 valence electrons. The van der Waals surface area contributed by atoms with Gasteiger partial charge in [0, 0.05) is 31.4 Å². The van der Waals surface area contributed by atoms with Gasteiger partial charge in [0.15, 0.2) is 5.13 Å². The number of anilines is 3. The zero-order valence-electron chi connectivity index (χ0n) is 22.6. The average Bonchev–Trinajstić information content (AvgIpc) is 3.47. The summed E-state index contributed by atoms with van der Waals surface area (Å²) in [5.74, 6) is -0.123. The number of hydrogen-bond acceptors (Lipinski definition) is 6. The minimum Gasteiger partial charge on any atom is -0.307 e. The topological polar surface area (TPSA) is 74.3 Å². The van der Waals surface area contributed by atoms with E-state index in [0.717, 1.165) is 26.7 Å². The fourth-order valence-electron chi connectivity index (χ4n) is 4.85. The summed E-state index contributed by atoms with van der Waals surface area (Å²) in [5.41, 5.74) is 3.13. The number of allylic oxidation sites excluding steroid dienone is 2. The van der Waals surface area contributed by atoms with Crippen LogP contribution in [0.2, 0.25) is 5.02 Å². The zero-order valence-corrected chi connectivity index (χ0v) is 25.8. The Hall–Kier alpha value is -3.50. The number of thioether (sulfide) groups is 2. The Labute approximate surface area is 262 Å².